The zero-order valence-electron chi connectivity index (χ0n) is 11.4. The average Bonchev–Trinajstić information content (AvgIpc) is 2.30. The van der Waals surface area contributed by atoms with Gasteiger partial charge in [0.1, 0.15) is 0 Å². The largest absolute Gasteiger partial charge is 0.370 e. The molecule has 0 aliphatic carbocycles. The van der Waals surface area contributed by atoms with Crippen molar-refractivity contribution in [1.82, 2.24) is 0 Å². The molecule has 1 aromatic rings. The summed E-state index contributed by atoms with van der Waals surface area (Å²) in [6, 6.07) is 2.60. The Morgan fingerprint density at radius 1 is 1.05 bits per heavy atom. The van der Waals surface area contributed by atoms with Crippen molar-refractivity contribution in [2.75, 3.05) is 10.6 Å². The van der Waals surface area contributed by atoms with Gasteiger partial charge in [-0.25, -0.2) is 0 Å². The van der Waals surface area contributed by atoms with Crippen LogP contribution in [-0.2, 0) is 9.59 Å². The number of carbonyl (C=O) groups excluding carboxylic acids is 3. The molecule has 0 saturated carbocycles. The van der Waals surface area contributed by atoms with Gasteiger partial charge in [-0.3, -0.25) is 14.4 Å². The van der Waals surface area contributed by atoms with Crippen molar-refractivity contribution >= 4 is 46.7 Å². The van der Waals surface area contributed by atoms with Crippen LogP contribution in [-0.4, -0.2) is 23.7 Å². The van der Waals surface area contributed by atoms with Gasteiger partial charge in [0.15, 0.2) is 5.96 Å². The molecule has 8 nitrogen and oxygen atoms in total. The normalized spacial score (nSPS) is 9.67. The summed E-state index contributed by atoms with van der Waals surface area (Å²) in [5.41, 5.74) is 10.7. The van der Waals surface area contributed by atoms with Gasteiger partial charge in [0.05, 0.1) is 22.0 Å². The number of guanidine groups is 1. The average molecular weight is 312 g/mol. The molecule has 0 aliphatic rings. The van der Waals surface area contributed by atoms with Gasteiger partial charge in [0, 0.05) is 13.8 Å². The summed E-state index contributed by atoms with van der Waals surface area (Å²) in [5.74, 6) is -1.95. The zero-order valence-corrected chi connectivity index (χ0v) is 12.1. The molecule has 0 fully saturated rings. The number of nitrogens with one attached hydrogen (secondary N) is 2. The molecular formula is C12H14ClN5O3. The Labute approximate surface area is 125 Å². The number of carbonyl (C=O) groups is 3. The topological polar surface area (TPSA) is 140 Å². The molecule has 0 radical (unpaired) electrons. The standard InChI is InChI=1S/C12H14ClN5O3/c1-5(19)16-9-4-10(17-6(2)20)8(13)3-7(9)11(21)18-12(14)15/h3-4H,1-2H3,(H,16,19)(H,17,20)(H4,14,15,18,21). The number of hydrogen-bond donors (Lipinski definition) is 4. The third-order valence-electron chi connectivity index (χ3n) is 2.19. The number of aliphatic imine (C=N–C) groups is 1. The van der Waals surface area contributed by atoms with Crippen LogP contribution < -0.4 is 22.1 Å². The van der Waals surface area contributed by atoms with Crippen LogP contribution in [0.5, 0.6) is 0 Å². The summed E-state index contributed by atoms with van der Waals surface area (Å²) >= 11 is 5.97. The second-order valence-electron chi connectivity index (χ2n) is 4.08. The maximum absolute atomic E-state index is 11.9. The maximum atomic E-state index is 11.9. The zero-order chi connectivity index (χ0) is 16.2. The van der Waals surface area contributed by atoms with Crippen molar-refractivity contribution in [3.8, 4) is 0 Å². The van der Waals surface area contributed by atoms with Gasteiger partial charge < -0.3 is 22.1 Å². The van der Waals surface area contributed by atoms with E-state index in [1.165, 1.54) is 26.0 Å². The predicted octanol–water partition coefficient (Wildman–Crippen LogP) is 0.670. The maximum Gasteiger partial charge on any atom is 0.282 e. The van der Waals surface area contributed by atoms with Crippen molar-refractivity contribution in [3.63, 3.8) is 0 Å². The molecule has 0 unspecified atom stereocenters. The third-order valence-corrected chi connectivity index (χ3v) is 2.50. The first-order valence-electron chi connectivity index (χ1n) is 5.73. The highest BCUT2D eigenvalue weighted by atomic mass is 35.5. The van der Waals surface area contributed by atoms with Crippen molar-refractivity contribution < 1.29 is 14.4 Å². The Kier molecular flexibility index (Phi) is 5.25. The molecular weight excluding hydrogens is 298 g/mol. The van der Waals surface area contributed by atoms with Crippen molar-refractivity contribution in [3.05, 3.63) is 22.7 Å². The van der Waals surface area contributed by atoms with Crippen LogP contribution in [0.15, 0.2) is 17.1 Å². The van der Waals surface area contributed by atoms with Gasteiger partial charge in [-0.1, -0.05) is 11.6 Å². The van der Waals surface area contributed by atoms with E-state index in [1.54, 1.807) is 0 Å². The van der Waals surface area contributed by atoms with E-state index < -0.39 is 17.8 Å². The molecule has 1 rings (SSSR count). The van der Waals surface area contributed by atoms with E-state index in [0.717, 1.165) is 0 Å². The van der Waals surface area contributed by atoms with E-state index in [9.17, 15) is 14.4 Å². The minimum atomic E-state index is -0.768. The van der Waals surface area contributed by atoms with E-state index in [2.05, 4.69) is 15.6 Å². The lowest BCUT2D eigenvalue weighted by molar-refractivity contribution is -0.115. The number of benzene rings is 1. The lowest BCUT2D eigenvalue weighted by atomic mass is 10.1. The van der Waals surface area contributed by atoms with Gasteiger partial charge in [0.25, 0.3) is 5.91 Å². The van der Waals surface area contributed by atoms with Crippen LogP contribution in [0.3, 0.4) is 0 Å². The van der Waals surface area contributed by atoms with Crippen LogP contribution >= 0.6 is 11.6 Å². The number of nitrogens with zero attached hydrogens (tertiary/aromatic N) is 1. The third kappa shape index (κ3) is 4.77. The van der Waals surface area contributed by atoms with Crippen molar-refractivity contribution in [2.45, 2.75) is 13.8 Å². The number of hydrogen-bond acceptors (Lipinski definition) is 3. The molecule has 0 heterocycles. The summed E-state index contributed by atoms with van der Waals surface area (Å²) in [6.45, 7) is 2.56. The first-order chi connectivity index (χ1) is 9.70. The minimum Gasteiger partial charge on any atom is -0.370 e. The SMILES string of the molecule is CC(=O)Nc1cc(NC(C)=O)c(C(=O)N=C(N)N)cc1Cl. The summed E-state index contributed by atoms with van der Waals surface area (Å²) in [5, 5.41) is 5.03. The molecule has 0 aromatic heterocycles. The van der Waals surface area contributed by atoms with E-state index >= 15 is 0 Å². The van der Waals surface area contributed by atoms with Crippen LogP contribution in [0.2, 0.25) is 5.02 Å². The second kappa shape index (κ2) is 6.71. The summed E-state index contributed by atoms with van der Waals surface area (Å²) in [6.07, 6.45) is 0. The second-order valence-corrected chi connectivity index (χ2v) is 4.49. The molecule has 112 valence electrons. The fourth-order valence-electron chi connectivity index (χ4n) is 1.51. The number of halogens is 1. The molecule has 1 aromatic carbocycles. The van der Waals surface area contributed by atoms with E-state index in [0.29, 0.717) is 0 Å². The fourth-order valence-corrected chi connectivity index (χ4v) is 1.72. The number of rotatable bonds is 3. The van der Waals surface area contributed by atoms with Gasteiger partial charge in [0.2, 0.25) is 11.8 Å². The highest BCUT2D eigenvalue weighted by Crippen LogP contribution is 2.30. The van der Waals surface area contributed by atoms with Crippen molar-refractivity contribution in [2.24, 2.45) is 16.5 Å². The molecule has 0 saturated heterocycles. The van der Waals surface area contributed by atoms with Crippen LogP contribution in [0.4, 0.5) is 11.4 Å². The van der Waals surface area contributed by atoms with Gasteiger partial charge in [-0.05, 0) is 12.1 Å². The fraction of sp³-hybridized carbons (Fsp3) is 0.167. The predicted molar refractivity (Wildman–Crippen MR) is 80.2 cm³/mol. The highest BCUT2D eigenvalue weighted by molar-refractivity contribution is 6.34. The monoisotopic (exact) mass is 311 g/mol. The smallest absolute Gasteiger partial charge is 0.282 e. The molecule has 0 aliphatic heterocycles. The highest BCUT2D eigenvalue weighted by Gasteiger charge is 2.16. The quantitative estimate of drug-likeness (QED) is 0.480. The molecule has 3 amide bonds. The van der Waals surface area contributed by atoms with E-state index in [1.807, 2.05) is 0 Å². The van der Waals surface area contributed by atoms with Gasteiger partial charge in [-0.2, -0.15) is 4.99 Å². The number of amides is 3. The number of nitrogens with two attached hydrogens (primary N) is 2. The van der Waals surface area contributed by atoms with E-state index in [-0.39, 0.29) is 27.9 Å². The first-order valence-corrected chi connectivity index (χ1v) is 6.11. The Bertz CT molecular complexity index is 638. The Morgan fingerprint density at radius 2 is 1.57 bits per heavy atom. The molecule has 9 heteroatoms. The summed E-state index contributed by atoms with van der Waals surface area (Å²) in [7, 11) is 0. The first kappa shape index (κ1) is 16.4. The Morgan fingerprint density at radius 3 is 2.05 bits per heavy atom. The summed E-state index contributed by atoms with van der Waals surface area (Å²) < 4.78 is 0. The minimum absolute atomic E-state index is 0.00213. The Hall–Kier alpha value is -2.61. The molecule has 0 spiro atoms. The lowest BCUT2D eigenvalue weighted by Crippen LogP contribution is -2.24. The van der Waals surface area contributed by atoms with Crippen LogP contribution in [0.1, 0.15) is 24.2 Å². The van der Waals surface area contributed by atoms with Crippen LogP contribution in [0, 0.1) is 0 Å². The van der Waals surface area contributed by atoms with Gasteiger partial charge in [-0.15, -0.1) is 0 Å². The molecule has 0 atom stereocenters. The lowest BCUT2D eigenvalue weighted by Gasteiger charge is -2.12. The molecule has 6 N–H and O–H groups in total. The Balaban J connectivity index is 3.38. The molecule has 0 bridgehead atoms. The summed E-state index contributed by atoms with van der Waals surface area (Å²) in [4.78, 5) is 37.6. The van der Waals surface area contributed by atoms with E-state index in [4.69, 9.17) is 23.1 Å². The van der Waals surface area contributed by atoms with Gasteiger partial charge >= 0.3 is 0 Å². The van der Waals surface area contributed by atoms with Crippen LogP contribution in [0.25, 0.3) is 0 Å². The number of anilines is 2. The van der Waals surface area contributed by atoms with Crippen molar-refractivity contribution in [1.29, 1.82) is 0 Å². The molecule has 21 heavy (non-hydrogen) atoms.